The smallest absolute Gasteiger partial charge is 0.244 e. The Morgan fingerprint density at radius 2 is 2.31 bits per heavy atom. The van der Waals surface area contributed by atoms with Gasteiger partial charge in [0.05, 0.1) is 0 Å². The summed E-state index contributed by atoms with van der Waals surface area (Å²) >= 11 is 0. The van der Waals surface area contributed by atoms with E-state index in [9.17, 15) is 0 Å². The van der Waals surface area contributed by atoms with Crippen molar-refractivity contribution in [1.82, 2.24) is 20.5 Å². The minimum Gasteiger partial charge on any atom is -0.337 e. The highest BCUT2D eigenvalue weighted by molar-refractivity contribution is 5.30. The van der Waals surface area contributed by atoms with Gasteiger partial charge in [-0.1, -0.05) is 13.8 Å². The Hall–Kier alpha value is -1.10. The molecule has 5 heteroatoms. The molecule has 1 aromatic heterocycles. The maximum Gasteiger partial charge on any atom is 0.244 e. The number of aromatic nitrogens is 3. The molecule has 0 radical (unpaired) electrons. The van der Waals surface area contributed by atoms with Crippen LogP contribution >= 0.6 is 0 Å². The lowest BCUT2D eigenvalue weighted by molar-refractivity contribution is 0.479. The van der Waals surface area contributed by atoms with Crippen LogP contribution in [0.1, 0.15) is 26.6 Å². The van der Waals surface area contributed by atoms with Gasteiger partial charge < -0.3 is 10.2 Å². The highest BCUT2D eigenvalue weighted by atomic mass is 15.4. The van der Waals surface area contributed by atoms with E-state index in [4.69, 9.17) is 0 Å². The van der Waals surface area contributed by atoms with Crippen molar-refractivity contribution >= 4 is 5.95 Å². The van der Waals surface area contributed by atoms with Crippen LogP contribution in [0.2, 0.25) is 0 Å². The average Bonchev–Trinajstić information content (AvgIpc) is 2.65. The van der Waals surface area contributed by atoms with Gasteiger partial charge in [0.15, 0.2) is 0 Å². The Morgan fingerprint density at radius 3 is 3.00 bits per heavy atom. The molecule has 1 saturated heterocycles. The minimum atomic E-state index is 0.515. The first-order chi connectivity index (χ1) is 7.65. The maximum absolute atomic E-state index is 4.54. The molecular weight excluding hydrogens is 202 g/mol. The van der Waals surface area contributed by atoms with Crippen LogP contribution in [0.4, 0.5) is 5.95 Å². The van der Waals surface area contributed by atoms with E-state index in [1.54, 1.807) is 0 Å². The van der Waals surface area contributed by atoms with Crippen molar-refractivity contribution in [2.45, 2.75) is 33.2 Å². The number of rotatable bonds is 3. The molecule has 5 nitrogen and oxygen atoms in total. The molecule has 2 heterocycles. The predicted octanol–water partition coefficient (Wildman–Crippen LogP) is 0.801. The van der Waals surface area contributed by atoms with E-state index in [0.29, 0.717) is 12.0 Å². The third-order valence-electron chi connectivity index (χ3n) is 2.77. The Balaban J connectivity index is 2.00. The van der Waals surface area contributed by atoms with E-state index in [-0.39, 0.29) is 0 Å². The van der Waals surface area contributed by atoms with E-state index in [1.807, 2.05) is 0 Å². The Labute approximate surface area is 96.6 Å². The molecule has 0 aliphatic carbocycles. The summed E-state index contributed by atoms with van der Waals surface area (Å²) in [6.45, 7) is 9.55. The lowest BCUT2D eigenvalue weighted by Crippen LogP contribution is -2.49. The van der Waals surface area contributed by atoms with Gasteiger partial charge in [0, 0.05) is 32.1 Å². The Kier molecular flexibility index (Phi) is 3.43. The summed E-state index contributed by atoms with van der Waals surface area (Å²) in [7, 11) is 0. The van der Waals surface area contributed by atoms with Gasteiger partial charge in [-0.05, 0) is 12.8 Å². The van der Waals surface area contributed by atoms with Crippen molar-refractivity contribution in [1.29, 1.82) is 0 Å². The van der Waals surface area contributed by atoms with Gasteiger partial charge in [-0.2, -0.15) is 4.98 Å². The fraction of sp³-hybridized carbons (Fsp3) is 0.818. The summed E-state index contributed by atoms with van der Waals surface area (Å²) in [5.74, 6) is 2.46. The number of hydrogen-bond donors (Lipinski definition) is 2. The van der Waals surface area contributed by atoms with Crippen LogP contribution in [0.15, 0.2) is 0 Å². The van der Waals surface area contributed by atoms with E-state index in [0.717, 1.165) is 37.8 Å². The largest absolute Gasteiger partial charge is 0.337 e. The van der Waals surface area contributed by atoms with Crippen LogP contribution < -0.4 is 10.2 Å². The number of H-pyrrole nitrogens is 1. The summed E-state index contributed by atoms with van der Waals surface area (Å²) in [4.78, 5) is 6.78. The quantitative estimate of drug-likeness (QED) is 0.796. The second kappa shape index (κ2) is 4.82. The zero-order chi connectivity index (χ0) is 11.5. The number of hydrogen-bond acceptors (Lipinski definition) is 4. The first kappa shape index (κ1) is 11.4. The molecule has 0 aromatic carbocycles. The fourth-order valence-corrected chi connectivity index (χ4v) is 2.02. The van der Waals surface area contributed by atoms with Crippen LogP contribution in [0.25, 0.3) is 0 Å². The standard InChI is InChI=1S/C11H21N5/c1-8(2)6-10-13-11(15-14-10)16-5-4-12-9(3)7-16/h8-9,12H,4-7H2,1-3H3,(H,13,14,15). The molecule has 16 heavy (non-hydrogen) atoms. The van der Waals surface area contributed by atoms with E-state index < -0.39 is 0 Å². The normalized spacial score (nSPS) is 21.8. The van der Waals surface area contributed by atoms with Gasteiger partial charge in [0.1, 0.15) is 5.82 Å². The fourth-order valence-electron chi connectivity index (χ4n) is 2.02. The van der Waals surface area contributed by atoms with Gasteiger partial charge in [-0.25, -0.2) is 0 Å². The third kappa shape index (κ3) is 2.72. The van der Waals surface area contributed by atoms with Crippen molar-refractivity contribution in [2.24, 2.45) is 5.92 Å². The SMILES string of the molecule is CC(C)Cc1nc(N2CCNC(C)C2)n[nH]1. The van der Waals surface area contributed by atoms with Crippen LogP contribution in [0.5, 0.6) is 0 Å². The van der Waals surface area contributed by atoms with Crippen molar-refractivity contribution in [3.63, 3.8) is 0 Å². The zero-order valence-electron chi connectivity index (χ0n) is 10.3. The highest BCUT2D eigenvalue weighted by Gasteiger charge is 2.19. The molecule has 2 rings (SSSR count). The highest BCUT2D eigenvalue weighted by Crippen LogP contribution is 2.11. The lowest BCUT2D eigenvalue weighted by atomic mass is 10.1. The summed E-state index contributed by atoms with van der Waals surface area (Å²) in [5.41, 5.74) is 0. The van der Waals surface area contributed by atoms with E-state index in [2.05, 4.69) is 46.2 Å². The maximum atomic E-state index is 4.54. The summed E-state index contributed by atoms with van der Waals surface area (Å²) in [6, 6.07) is 0.515. The Bertz CT molecular complexity index is 333. The number of anilines is 1. The molecule has 1 fully saturated rings. The third-order valence-corrected chi connectivity index (χ3v) is 2.77. The van der Waals surface area contributed by atoms with Crippen molar-refractivity contribution in [3.05, 3.63) is 5.82 Å². The first-order valence-corrected chi connectivity index (χ1v) is 6.04. The van der Waals surface area contributed by atoms with Crippen molar-refractivity contribution < 1.29 is 0 Å². The second-order valence-electron chi connectivity index (χ2n) is 4.98. The molecular formula is C11H21N5. The van der Waals surface area contributed by atoms with Crippen molar-refractivity contribution in [2.75, 3.05) is 24.5 Å². The molecule has 1 aliphatic heterocycles. The molecule has 2 N–H and O–H groups in total. The van der Waals surface area contributed by atoms with Gasteiger partial charge >= 0.3 is 0 Å². The molecule has 1 atom stereocenters. The van der Waals surface area contributed by atoms with Gasteiger partial charge in [-0.15, -0.1) is 5.10 Å². The molecule has 1 unspecified atom stereocenters. The molecule has 1 aromatic rings. The summed E-state index contributed by atoms with van der Waals surface area (Å²) in [5, 5.41) is 10.7. The molecule has 0 amide bonds. The first-order valence-electron chi connectivity index (χ1n) is 6.04. The van der Waals surface area contributed by atoms with Gasteiger partial charge in [0.2, 0.25) is 5.95 Å². The number of nitrogens with one attached hydrogen (secondary N) is 2. The van der Waals surface area contributed by atoms with E-state index >= 15 is 0 Å². The van der Waals surface area contributed by atoms with E-state index in [1.165, 1.54) is 0 Å². The molecule has 1 aliphatic rings. The second-order valence-corrected chi connectivity index (χ2v) is 4.98. The van der Waals surface area contributed by atoms with Crippen LogP contribution in [0, 0.1) is 5.92 Å². The Morgan fingerprint density at radius 1 is 1.50 bits per heavy atom. The number of aromatic amines is 1. The number of piperazine rings is 1. The summed E-state index contributed by atoms with van der Waals surface area (Å²) in [6.07, 6.45) is 0.967. The minimum absolute atomic E-state index is 0.515. The van der Waals surface area contributed by atoms with Crippen LogP contribution in [-0.2, 0) is 6.42 Å². The molecule has 0 saturated carbocycles. The molecule has 0 spiro atoms. The van der Waals surface area contributed by atoms with Crippen molar-refractivity contribution in [3.8, 4) is 0 Å². The van der Waals surface area contributed by atoms with Gasteiger partial charge in [0.25, 0.3) is 0 Å². The molecule has 0 bridgehead atoms. The zero-order valence-corrected chi connectivity index (χ0v) is 10.3. The van der Waals surface area contributed by atoms with Crippen LogP contribution in [0.3, 0.4) is 0 Å². The average molecular weight is 223 g/mol. The summed E-state index contributed by atoms with van der Waals surface area (Å²) < 4.78 is 0. The topological polar surface area (TPSA) is 56.8 Å². The predicted molar refractivity (Wildman–Crippen MR) is 64.6 cm³/mol. The van der Waals surface area contributed by atoms with Crippen LogP contribution in [-0.4, -0.2) is 40.9 Å². The van der Waals surface area contributed by atoms with Gasteiger partial charge in [-0.3, -0.25) is 5.10 Å². The number of nitrogens with zero attached hydrogens (tertiary/aromatic N) is 3. The lowest BCUT2D eigenvalue weighted by Gasteiger charge is -2.30. The monoisotopic (exact) mass is 223 g/mol. The molecule has 90 valence electrons.